The van der Waals surface area contributed by atoms with Gasteiger partial charge in [0.25, 0.3) is 0 Å². The van der Waals surface area contributed by atoms with E-state index < -0.39 is 11.4 Å². The minimum Gasteiger partial charge on any atom is -0.481 e. The maximum Gasteiger partial charge on any atom is 0.303 e. The number of nitrogens with one attached hydrogen (secondary N) is 1. The Labute approximate surface area is 227 Å². The summed E-state index contributed by atoms with van der Waals surface area (Å²) in [5.74, 6) is -1.00. The van der Waals surface area contributed by atoms with Gasteiger partial charge in [-0.15, -0.1) is 0 Å². The normalized spacial score (nSPS) is 16.2. The third kappa shape index (κ3) is 4.12. The number of aromatic nitrogens is 5. The Hall–Kier alpha value is -5.19. The number of fused-ring (bicyclic) bond motifs is 2. The number of amides is 1. The van der Waals surface area contributed by atoms with E-state index in [1.54, 1.807) is 54.2 Å². The summed E-state index contributed by atoms with van der Waals surface area (Å²) in [6, 6.07) is 17.3. The van der Waals surface area contributed by atoms with E-state index in [0.29, 0.717) is 39.8 Å². The number of carbonyl (C=O) groups is 2. The number of hydrogen-bond acceptors (Lipinski definition) is 7. The van der Waals surface area contributed by atoms with E-state index in [1.807, 2.05) is 18.2 Å². The van der Waals surface area contributed by atoms with Crippen molar-refractivity contribution in [2.45, 2.75) is 31.7 Å². The minimum atomic E-state index is -1.19. The van der Waals surface area contributed by atoms with Crippen molar-refractivity contribution in [1.82, 2.24) is 24.7 Å². The van der Waals surface area contributed by atoms with Crippen molar-refractivity contribution in [2.75, 3.05) is 11.1 Å². The number of aliphatic carboxylic acids is 1. The molecule has 4 N–H and O–H groups in total. The van der Waals surface area contributed by atoms with Crippen LogP contribution in [0.5, 0.6) is 0 Å². The van der Waals surface area contributed by atoms with Gasteiger partial charge in [-0.25, -0.2) is 24.0 Å². The molecule has 0 saturated carbocycles. The maximum absolute atomic E-state index is 14.4. The molecule has 4 heterocycles. The Balaban J connectivity index is 1.43. The summed E-state index contributed by atoms with van der Waals surface area (Å²) in [6.07, 6.45) is 1.93. The molecule has 1 aliphatic rings. The molecule has 0 saturated heterocycles. The third-order valence-corrected chi connectivity index (χ3v) is 7.25. The molecule has 6 rings (SSSR count). The molecule has 3 aromatic heterocycles. The lowest BCUT2D eigenvalue weighted by atomic mass is 9.77. The largest absolute Gasteiger partial charge is 0.481 e. The Morgan fingerprint density at radius 3 is 2.75 bits per heavy atom. The summed E-state index contributed by atoms with van der Waals surface area (Å²) >= 11 is 0. The second kappa shape index (κ2) is 9.53. The highest BCUT2D eigenvalue weighted by Crippen LogP contribution is 2.45. The van der Waals surface area contributed by atoms with Gasteiger partial charge in [0.1, 0.15) is 28.6 Å². The highest BCUT2D eigenvalue weighted by Gasteiger charge is 2.47. The first kappa shape index (κ1) is 25.1. The molecule has 1 atom stereocenters. The summed E-state index contributed by atoms with van der Waals surface area (Å²) in [6.45, 7) is 1.89. The van der Waals surface area contributed by atoms with E-state index in [-0.39, 0.29) is 42.2 Å². The summed E-state index contributed by atoms with van der Waals surface area (Å²) in [7, 11) is 0. The first-order valence-electron chi connectivity index (χ1n) is 12.6. The van der Waals surface area contributed by atoms with Crippen LogP contribution in [-0.4, -0.2) is 41.7 Å². The molecule has 5 aromatic rings. The molecule has 0 aliphatic carbocycles. The number of pyridine rings is 1. The number of nitrogens with two attached hydrogens (primary N) is 1. The zero-order valence-corrected chi connectivity index (χ0v) is 21.4. The van der Waals surface area contributed by atoms with Crippen molar-refractivity contribution < 1.29 is 19.1 Å². The SMILES string of the molecule is C[C@@]1(c2cccc(CCC(=O)O)c2)C(=O)Nc2nc(-c3nn(Cc4ccccc4F)c4ncccc34)nc(N)c21. The van der Waals surface area contributed by atoms with Gasteiger partial charge in [-0.1, -0.05) is 42.5 Å². The topological polar surface area (TPSA) is 149 Å². The van der Waals surface area contributed by atoms with Crippen LogP contribution in [0.25, 0.3) is 22.6 Å². The fraction of sp³-hybridized carbons (Fsp3) is 0.172. The number of carboxylic acids is 1. The first-order chi connectivity index (χ1) is 19.3. The molecule has 2 aromatic carbocycles. The lowest BCUT2D eigenvalue weighted by Gasteiger charge is -2.24. The number of benzene rings is 2. The smallest absolute Gasteiger partial charge is 0.303 e. The van der Waals surface area contributed by atoms with Crippen LogP contribution < -0.4 is 11.1 Å². The standard InChI is InChI=1S/C29H24FN7O3/c1-29(18-8-4-6-16(14-18)11-12-21(38)39)22-24(31)33-26(34-25(22)35-28(29)40)23-19-9-5-13-32-27(19)37(36-23)15-17-7-2-3-10-20(17)30/h2-10,13-14H,11-12,15H2,1H3,(H,38,39)(H3,31,33,34,35,40)/t29-/m0/s1. The van der Waals surface area contributed by atoms with Crippen LogP contribution in [0.3, 0.4) is 0 Å². The Bertz CT molecular complexity index is 1820. The summed E-state index contributed by atoms with van der Waals surface area (Å²) in [4.78, 5) is 38.1. The molecular formula is C29H24FN7O3. The molecule has 11 heteroatoms. The van der Waals surface area contributed by atoms with Crippen LogP contribution in [0.1, 0.15) is 35.6 Å². The molecule has 0 bridgehead atoms. The number of rotatable bonds is 7. The van der Waals surface area contributed by atoms with Gasteiger partial charge in [-0.2, -0.15) is 5.10 Å². The molecule has 200 valence electrons. The van der Waals surface area contributed by atoms with Crippen LogP contribution >= 0.6 is 0 Å². The average molecular weight is 538 g/mol. The van der Waals surface area contributed by atoms with Crippen molar-refractivity contribution >= 4 is 34.5 Å². The van der Waals surface area contributed by atoms with Crippen molar-refractivity contribution in [3.8, 4) is 11.5 Å². The highest BCUT2D eigenvalue weighted by molar-refractivity contribution is 6.09. The summed E-state index contributed by atoms with van der Waals surface area (Å²) in [5.41, 5.74) is 8.55. The second-order valence-corrected chi connectivity index (χ2v) is 9.80. The third-order valence-electron chi connectivity index (χ3n) is 7.25. The first-order valence-corrected chi connectivity index (χ1v) is 12.6. The number of nitrogens with zero attached hydrogens (tertiary/aromatic N) is 5. The zero-order chi connectivity index (χ0) is 28.0. The number of halogens is 1. The van der Waals surface area contributed by atoms with Crippen LogP contribution in [0.4, 0.5) is 16.0 Å². The molecule has 0 unspecified atom stereocenters. The van der Waals surface area contributed by atoms with Crippen molar-refractivity contribution in [1.29, 1.82) is 0 Å². The van der Waals surface area contributed by atoms with E-state index in [2.05, 4.69) is 25.4 Å². The predicted molar refractivity (Wildman–Crippen MR) is 146 cm³/mol. The van der Waals surface area contributed by atoms with Crippen LogP contribution in [0.15, 0.2) is 66.9 Å². The lowest BCUT2D eigenvalue weighted by Crippen LogP contribution is -2.33. The van der Waals surface area contributed by atoms with Gasteiger partial charge in [0.05, 0.1) is 17.5 Å². The number of hydrogen-bond donors (Lipinski definition) is 3. The number of anilines is 2. The van der Waals surface area contributed by atoms with E-state index in [4.69, 9.17) is 10.8 Å². The second-order valence-electron chi connectivity index (χ2n) is 9.80. The van der Waals surface area contributed by atoms with Crippen LogP contribution in [0.2, 0.25) is 0 Å². The lowest BCUT2D eigenvalue weighted by molar-refractivity contribution is -0.137. The monoisotopic (exact) mass is 537 g/mol. The maximum atomic E-state index is 14.4. The number of carboxylic acid groups (broad SMARTS) is 1. The Kier molecular flexibility index (Phi) is 5.98. The number of aryl methyl sites for hydroxylation is 1. The molecule has 0 radical (unpaired) electrons. The molecule has 1 amide bonds. The van der Waals surface area contributed by atoms with Gasteiger partial charge in [-0.3, -0.25) is 9.59 Å². The Morgan fingerprint density at radius 1 is 1.12 bits per heavy atom. The average Bonchev–Trinajstić information content (AvgIpc) is 3.44. The molecule has 1 aliphatic heterocycles. The van der Waals surface area contributed by atoms with Crippen molar-refractivity contribution in [2.24, 2.45) is 0 Å². The fourth-order valence-corrected chi connectivity index (χ4v) is 5.15. The molecule has 0 spiro atoms. The van der Waals surface area contributed by atoms with Gasteiger partial charge in [0.2, 0.25) is 5.91 Å². The van der Waals surface area contributed by atoms with Crippen LogP contribution in [-0.2, 0) is 28.0 Å². The molecule has 40 heavy (non-hydrogen) atoms. The van der Waals surface area contributed by atoms with Crippen LogP contribution in [0, 0.1) is 5.82 Å². The quantitative estimate of drug-likeness (QED) is 0.283. The van der Waals surface area contributed by atoms with Gasteiger partial charge < -0.3 is 16.2 Å². The van der Waals surface area contributed by atoms with E-state index >= 15 is 0 Å². The van der Waals surface area contributed by atoms with E-state index in [0.717, 1.165) is 5.56 Å². The highest BCUT2D eigenvalue weighted by atomic mass is 19.1. The minimum absolute atomic E-state index is 0.0239. The van der Waals surface area contributed by atoms with E-state index in [1.165, 1.54) is 6.07 Å². The molecule has 10 nitrogen and oxygen atoms in total. The van der Waals surface area contributed by atoms with Gasteiger partial charge in [0.15, 0.2) is 11.5 Å². The van der Waals surface area contributed by atoms with Gasteiger partial charge in [0, 0.05) is 18.2 Å². The molecular weight excluding hydrogens is 513 g/mol. The van der Waals surface area contributed by atoms with Gasteiger partial charge >= 0.3 is 5.97 Å². The van der Waals surface area contributed by atoms with E-state index in [9.17, 15) is 14.0 Å². The zero-order valence-electron chi connectivity index (χ0n) is 21.4. The summed E-state index contributed by atoms with van der Waals surface area (Å²) in [5, 5.41) is 17.2. The number of carbonyl (C=O) groups excluding carboxylic acids is 1. The summed E-state index contributed by atoms with van der Waals surface area (Å²) < 4.78 is 16.0. The van der Waals surface area contributed by atoms with Gasteiger partial charge in [-0.05, 0) is 42.7 Å². The van der Waals surface area contributed by atoms with Crippen molar-refractivity contribution in [3.05, 3.63) is 94.9 Å². The van der Waals surface area contributed by atoms with Crippen molar-refractivity contribution in [3.63, 3.8) is 0 Å². The predicted octanol–water partition coefficient (Wildman–Crippen LogP) is 3.93. The number of nitrogen functional groups attached to an aromatic ring is 1. The molecule has 0 fully saturated rings. The fourth-order valence-electron chi connectivity index (χ4n) is 5.15. The Morgan fingerprint density at radius 2 is 1.95 bits per heavy atom.